The first-order valence-electron chi connectivity index (χ1n) is 7.35. The Bertz CT molecular complexity index is 791. The first-order valence-corrected chi connectivity index (χ1v) is 7.35. The normalized spacial score (nSPS) is 10.8. The van der Waals surface area contributed by atoms with E-state index in [9.17, 15) is 4.79 Å². The zero-order chi connectivity index (χ0) is 15.4. The van der Waals surface area contributed by atoms with Crippen LogP contribution in [0.2, 0.25) is 0 Å². The van der Waals surface area contributed by atoms with Crippen LogP contribution in [0, 0.1) is 0 Å². The Morgan fingerprint density at radius 1 is 1.18 bits per heavy atom. The molecule has 1 amide bonds. The molecule has 3 aromatic rings. The molecule has 0 atom stereocenters. The number of benzene rings is 2. The summed E-state index contributed by atoms with van der Waals surface area (Å²) in [4.78, 5) is 13.9. The number of fused-ring (bicyclic) bond motifs is 1. The number of nitrogens with one attached hydrogen (secondary N) is 1. The van der Waals surface area contributed by atoms with Crippen LogP contribution in [0.5, 0.6) is 0 Å². The van der Waals surface area contributed by atoms with E-state index in [2.05, 4.69) is 27.7 Å². The molecule has 112 valence electrons. The summed E-state index contributed by atoms with van der Waals surface area (Å²) in [7, 11) is 0. The van der Waals surface area contributed by atoms with E-state index in [-0.39, 0.29) is 11.9 Å². The fraction of sp³-hybridized carbons (Fsp3) is 0.250. The molecule has 6 nitrogen and oxygen atoms in total. The van der Waals surface area contributed by atoms with E-state index in [1.165, 1.54) is 4.80 Å². The summed E-state index contributed by atoms with van der Waals surface area (Å²) in [6, 6.07) is 13.4. The third-order valence-electron chi connectivity index (χ3n) is 3.42. The molecule has 0 saturated carbocycles. The van der Waals surface area contributed by atoms with Gasteiger partial charge in [0.05, 0.1) is 6.54 Å². The lowest BCUT2D eigenvalue weighted by Crippen LogP contribution is -2.14. The molecule has 1 heterocycles. The number of hydrogen-bond acceptors (Lipinski definition) is 4. The predicted molar refractivity (Wildman–Crippen MR) is 84.6 cm³/mol. The van der Waals surface area contributed by atoms with Crippen LogP contribution in [-0.4, -0.2) is 26.1 Å². The highest BCUT2D eigenvalue weighted by molar-refractivity contribution is 6.12. The third-order valence-corrected chi connectivity index (χ3v) is 3.42. The molecule has 2 aromatic carbocycles. The van der Waals surface area contributed by atoms with E-state index in [0.717, 1.165) is 23.6 Å². The van der Waals surface area contributed by atoms with Gasteiger partial charge in [0.25, 0.3) is 11.9 Å². The van der Waals surface area contributed by atoms with Crippen molar-refractivity contribution >= 4 is 22.6 Å². The van der Waals surface area contributed by atoms with Gasteiger partial charge in [-0.25, -0.2) is 0 Å². The number of amides is 1. The molecular formula is C16H17N5O. The van der Waals surface area contributed by atoms with Crippen LogP contribution >= 0.6 is 0 Å². The average Bonchev–Trinajstić information content (AvgIpc) is 2.99. The Hall–Kier alpha value is -2.76. The Labute approximate surface area is 128 Å². The molecule has 0 unspecified atom stereocenters. The lowest BCUT2D eigenvalue weighted by atomic mass is 10.0. The molecule has 1 N–H and O–H groups in total. The SMILES string of the molecule is CCCCn1nnc(NC(=O)c2cccc3ccccc23)n1. The standard InChI is InChI=1S/C16H17N5O/c1-2-3-11-21-19-16(18-20-21)17-15(22)14-10-6-8-12-7-4-5-9-13(12)14/h4-10H,2-3,11H2,1H3,(H,17,19,22). The van der Waals surface area contributed by atoms with Crippen LogP contribution in [-0.2, 0) is 6.54 Å². The van der Waals surface area contributed by atoms with Crippen molar-refractivity contribution in [2.24, 2.45) is 0 Å². The number of aromatic nitrogens is 4. The number of tetrazole rings is 1. The molecule has 22 heavy (non-hydrogen) atoms. The van der Waals surface area contributed by atoms with Gasteiger partial charge in [-0.05, 0) is 28.5 Å². The Balaban J connectivity index is 1.80. The maximum Gasteiger partial charge on any atom is 0.270 e. The second-order valence-electron chi connectivity index (χ2n) is 5.04. The highest BCUT2D eigenvalue weighted by Gasteiger charge is 2.12. The van der Waals surface area contributed by atoms with Crippen molar-refractivity contribution in [1.29, 1.82) is 0 Å². The summed E-state index contributed by atoms with van der Waals surface area (Å²) >= 11 is 0. The fourth-order valence-electron chi connectivity index (χ4n) is 2.28. The lowest BCUT2D eigenvalue weighted by molar-refractivity contribution is 0.102. The molecule has 0 spiro atoms. The van der Waals surface area contributed by atoms with Crippen LogP contribution in [0.3, 0.4) is 0 Å². The smallest absolute Gasteiger partial charge is 0.270 e. The van der Waals surface area contributed by atoms with Gasteiger partial charge >= 0.3 is 0 Å². The topological polar surface area (TPSA) is 72.7 Å². The summed E-state index contributed by atoms with van der Waals surface area (Å²) in [6.07, 6.45) is 2.03. The second kappa shape index (κ2) is 6.34. The molecule has 6 heteroatoms. The summed E-state index contributed by atoms with van der Waals surface area (Å²) < 4.78 is 0. The van der Waals surface area contributed by atoms with E-state index >= 15 is 0 Å². The minimum absolute atomic E-state index is 0.230. The van der Waals surface area contributed by atoms with Crippen molar-refractivity contribution in [3.63, 3.8) is 0 Å². The second-order valence-corrected chi connectivity index (χ2v) is 5.04. The third kappa shape index (κ3) is 2.95. The van der Waals surface area contributed by atoms with Crippen molar-refractivity contribution in [1.82, 2.24) is 20.2 Å². The number of nitrogens with zero attached hydrogens (tertiary/aromatic N) is 4. The Morgan fingerprint density at radius 2 is 2.00 bits per heavy atom. The summed E-state index contributed by atoms with van der Waals surface area (Å²) in [5, 5.41) is 16.6. The van der Waals surface area contributed by atoms with E-state index < -0.39 is 0 Å². The maximum atomic E-state index is 12.4. The predicted octanol–water partition coefficient (Wildman–Crippen LogP) is 2.88. The van der Waals surface area contributed by atoms with E-state index in [1.54, 1.807) is 6.07 Å². The van der Waals surface area contributed by atoms with Crippen molar-refractivity contribution in [2.45, 2.75) is 26.3 Å². The summed E-state index contributed by atoms with van der Waals surface area (Å²) in [5.41, 5.74) is 0.600. The molecule has 0 radical (unpaired) electrons. The van der Waals surface area contributed by atoms with Gasteiger partial charge in [-0.1, -0.05) is 54.8 Å². The van der Waals surface area contributed by atoms with Gasteiger partial charge in [-0.3, -0.25) is 10.1 Å². The summed E-state index contributed by atoms with van der Waals surface area (Å²) in [6.45, 7) is 2.80. The highest BCUT2D eigenvalue weighted by atomic mass is 16.1. The van der Waals surface area contributed by atoms with Crippen LogP contribution in [0.15, 0.2) is 42.5 Å². The van der Waals surface area contributed by atoms with Gasteiger partial charge < -0.3 is 0 Å². The van der Waals surface area contributed by atoms with Crippen LogP contribution in [0.1, 0.15) is 30.1 Å². The van der Waals surface area contributed by atoms with Gasteiger partial charge in [0.15, 0.2) is 0 Å². The minimum Gasteiger partial charge on any atom is -0.288 e. The highest BCUT2D eigenvalue weighted by Crippen LogP contribution is 2.19. The number of rotatable bonds is 5. The molecular weight excluding hydrogens is 278 g/mol. The number of aryl methyl sites for hydroxylation is 1. The van der Waals surface area contributed by atoms with Crippen molar-refractivity contribution < 1.29 is 4.79 Å². The first-order chi connectivity index (χ1) is 10.8. The van der Waals surface area contributed by atoms with Crippen LogP contribution < -0.4 is 5.32 Å². The number of hydrogen-bond donors (Lipinski definition) is 1. The van der Waals surface area contributed by atoms with Crippen LogP contribution in [0.4, 0.5) is 5.95 Å². The van der Waals surface area contributed by atoms with Crippen molar-refractivity contribution in [3.8, 4) is 0 Å². The molecule has 0 fully saturated rings. The number of carbonyl (C=O) groups excluding carboxylic acids is 1. The molecule has 0 aliphatic heterocycles. The number of anilines is 1. The average molecular weight is 295 g/mol. The van der Waals surface area contributed by atoms with Gasteiger partial charge in [0.2, 0.25) is 0 Å². The quantitative estimate of drug-likeness (QED) is 0.785. The largest absolute Gasteiger partial charge is 0.288 e. The zero-order valence-electron chi connectivity index (χ0n) is 12.4. The van der Waals surface area contributed by atoms with Gasteiger partial charge in [-0.15, -0.1) is 5.10 Å². The monoisotopic (exact) mass is 295 g/mol. The van der Waals surface area contributed by atoms with Gasteiger partial charge in [-0.2, -0.15) is 4.80 Å². The first kappa shape index (κ1) is 14.2. The Morgan fingerprint density at radius 3 is 2.86 bits per heavy atom. The molecule has 3 rings (SSSR count). The van der Waals surface area contributed by atoms with Crippen molar-refractivity contribution in [2.75, 3.05) is 5.32 Å². The van der Waals surface area contributed by atoms with Crippen LogP contribution in [0.25, 0.3) is 10.8 Å². The van der Waals surface area contributed by atoms with E-state index in [0.29, 0.717) is 12.1 Å². The number of unbranched alkanes of at least 4 members (excludes halogenated alkanes) is 1. The molecule has 0 saturated heterocycles. The minimum atomic E-state index is -0.230. The molecule has 1 aromatic heterocycles. The summed E-state index contributed by atoms with van der Waals surface area (Å²) in [5.74, 6) is 0.000814. The van der Waals surface area contributed by atoms with E-state index in [4.69, 9.17) is 0 Å². The Kier molecular flexibility index (Phi) is 4.09. The molecule has 0 aliphatic rings. The van der Waals surface area contributed by atoms with E-state index in [1.807, 2.05) is 36.4 Å². The van der Waals surface area contributed by atoms with Gasteiger partial charge in [0, 0.05) is 5.56 Å². The molecule has 0 bridgehead atoms. The van der Waals surface area contributed by atoms with Gasteiger partial charge in [0.1, 0.15) is 0 Å². The lowest BCUT2D eigenvalue weighted by Gasteiger charge is -2.05. The molecule has 0 aliphatic carbocycles. The fourth-order valence-corrected chi connectivity index (χ4v) is 2.28. The zero-order valence-corrected chi connectivity index (χ0v) is 12.4. The van der Waals surface area contributed by atoms with Crippen molar-refractivity contribution in [3.05, 3.63) is 48.0 Å². The number of carbonyl (C=O) groups is 1. The maximum absolute atomic E-state index is 12.4.